The number of carbonyl (C=O) groups is 2. The third kappa shape index (κ3) is 6.28. The predicted molar refractivity (Wildman–Crippen MR) is 119 cm³/mol. The van der Waals surface area contributed by atoms with Crippen molar-refractivity contribution in [1.29, 1.82) is 0 Å². The molecular weight excluding hydrogens is 449 g/mol. The van der Waals surface area contributed by atoms with E-state index in [0.717, 1.165) is 12.8 Å². The van der Waals surface area contributed by atoms with Gasteiger partial charge in [-0.2, -0.15) is 0 Å². The molecule has 1 saturated carbocycles. The Labute approximate surface area is 192 Å². The lowest BCUT2D eigenvalue weighted by molar-refractivity contribution is -0.118. The molecule has 10 heteroatoms. The second kappa shape index (κ2) is 9.46. The van der Waals surface area contributed by atoms with Crippen LogP contribution in [0.4, 0.5) is 9.18 Å². The second-order valence-corrected chi connectivity index (χ2v) is 10.9. The fraction of sp³-hybridized carbons (Fsp3) is 0.435. The Morgan fingerprint density at radius 2 is 1.97 bits per heavy atom. The summed E-state index contributed by atoms with van der Waals surface area (Å²) in [5.41, 5.74) is 1.83. The number of nitrogens with zero attached hydrogens (tertiary/aromatic N) is 2. The third-order valence-corrected chi connectivity index (χ3v) is 7.46. The van der Waals surface area contributed by atoms with Crippen LogP contribution in [0.5, 0.6) is 5.75 Å². The number of rotatable bonds is 10. The highest BCUT2D eigenvalue weighted by molar-refractivity contribution is 7.90. The summed E-state index contributed by atoms with van der Waals surface area (Å²) in [6.07, 6.45) is 5.20. The molecule has 1 aromatic carbocycles. The molecule has 0 bridgehead atoms. The molecule has 176 valence electrons. The fourth-order valence-electron chi connectivity index (χ4n) is 3.76. The van der Waals surface area contributed by atoms with Crippen molar-refractivity contribution in [1.82, 2.24) is 15.2 Å². The first-order valence-corrected chi connectivity index (χ1v) is 12.6. The van der Waals surface area contributed by atoms with Gasteiger partial charge in [-0.05, 0) is 59.6 Å². The third-order valence-electron chi connectivity index (χ3n) is 5.68. The normalized spacial score (nSPS) is 17.2. The van der Waals surface area contributed by atoms with Crippen LogP contribution in [0.25, 0.3) is 0 Å². The van der Waals surface area contributed by atoms with Crippen molar-refractivity contribution in [2.45, 2.75) is 38.0 Å². The Kier molecular flexibility index (Phi) is 6.64. The molecule has 0 unspecified atom stereocenters. The Balaban J connectivity index is 1.39. The van der Waals surface area contributed by atoms with Gasteiger partial charge in [-0.25, -0.2) is 17.6 Å². The van der Waals surface area contributed by atoms with Gasteiger partial charge in [-0.15, -0.1) is 0 Å². The summed E-state index contributed by atoms with van der Waals surface area (Å²) in [6.45, 7) is 2.38. The SMILES string of the molecule is C[C@@H](CS(=O)(=O)Cc1cncc(CN2CC(=O)NC2=O)c1)c1ccc(F)c(OCC2CC2)c1. The molecule has 0 radical (unpaired) electrons. The molecule has 1 aliphatic heterocycles. The Bertz CT molecular complexity index is 1170. The van der Waals surface area contributed by atoms with Crippen molar-refractivity contribution >= 4 is 21.8 Å². The lowest BCUT2D eigenvalue weighted by Gasteiger charge is -2.16. The second-order valence-electron chi connectivity index (χ2n) is 8.81. The van der Waals surface area contributed by atoms with Crippen molar-refractivity contribution in [2.24, 2.45) is 5.92 Å². The quantitative estimate of drug-likeness (QED) is 0.530. The van der Waals surface area contributed by atoms with E-state index >= 15 is 0 Å². The molecule has 1 aliphatic carbocycles. The van der Waals surface area contributed by atoms with Crippen molar-refractivity contribution in [3.63, 3.8) is 0 Å². The predicted octanol–water partition coefficient (Wildman–Crippen LogP) is 2.78. The van der Waals surface area contributed by atoms with E-state index in [2.05, 4.69) is 10.3 Å². The minimum Gasteiger partial charge on any atom is -0.490 e. The number of amides is 3. The van der Waals surface area contributed by atoms with Gasteiger partial charge in [0.1, 0.15) is 6.54 Å². The summed E-state index contributed by atoms with van der Waals surface area (Å²) >= 11 is 0. The molecule has 33 heavy (non-hydrogen) atoms. The zero-order valence-electron chi connectivity index (χ0n) is 18.3. The van der Waals surface area contributed by atoms with E-state index in [4.69, 9.17) is 4.74 Å². The Hall–Kier alpha value is -3.01. The van der Waals surface area contributed by atoms with Crippen LogP contribution in [0.2, 0.25) is 0 Å². The monoisotopic (exact) mass is 475 g/mol. The molecule has 2 heterocycles. The molecule has 8 nitrogen and oxygen atoms in total. The highest BCUT2D eigenvalue weighted by atomic mass is 32.2. The van der Waals surface area contributed by atoms with Crippen LogP contribution in [0, 0.1) is 11.7 Å². The van der Waals surface area contributed by atoms with Crippen LogP contribution in [0.15, 0.2) is 36.7 Å². The molecule has 2 aromatic rings. The Morgan fingerprint density at radius 3 is 2.67 bits per heavy atom. The maximum Gasteiger partial charge on any atom is 0.324 e. The van der Waals surface area contributed by atoms with Crippen LogP contribution in [-0.2, 0) is 26.9 Å². The number of urea groups is 1. The molecule has 1 N–H and O–H groups in total. The number of hydrogen-bond donors (Lipinski definition) is 1. The van der Waals surface area contributed by atoms with Crippen LogP contribution >= 0.6 is 0 Å². The average Bonchev–Trinajstić information content (AvgIpc) is 3.51. The minimum atomic E-state index is -3.51. The Morgan fingerprint density at radius 1 is 1.21 bits per heavy atom. The van der Waals surface area contributed by atoms with Gasteiger partial charge in [0.25, 0.3) is 0 Å². The van der Waals surface area contributed by atoms with Crippen molar-refractivity contribution < 1.29 is 27.1 Å². The average molecular weight is 476 g/mol. The standard InChI is InChI=1S/C23H26FN3O5S/c1-15(19-4-5-20(24)21(7-19)32-12-16-2-3-16)13-33(30,31)14-18-6-17(8-25-9-18)10-27-11-22(28)26-23(27)29/h4-9,15-16H,2-3,10-14H2,1H3,(H,26,28,29)/t15-/m0/s1. The number of halogens is 1. The van der Waals surface area contributed by atoms with Crippen LogP contribution in [0.1, 0.15) is 42.4 Å². The molecule has 3 amide bonds. The van der Waals surface area contributed by atoms with E-state index in [1.54, 1.807) is 25.1 Å². The number of pyridine rings is 1. The van der Waals surface area contributed by atoms with E-state index < -0.39 is 21.7 Å². The van der Waals surface area contributed by atoms with Gasteiger partial charge in [0.05, 0.1) is 18.1 Å². The maximum absolute atomic E-state index is 14.1. The maximum atomic E-state index is 14.1. The number of hydrogen-bond acceptors (Lipinski definition) is 6. The van der Waals surface area contributed by atoms with Gasteiger partial charge < -0.3 is 9.64 Å². The highest BCUT2D eigenvalue weighted by Crippen LogP contribution is 2.31. The lowest BCUT2D eigenvalue weighted by Crippen LogP contribution is -2.27. The van der Waals surface area contributed by atoms with E-state index in [-0.39, 0.29) is 42.2 Å². The first-order chi connectivity index (χ1) is 15.7. The smallest absolute Gasteiger partial charge is 0.324 e. The minimum absolute atomic E-state index is 0.0388. The van der Waals surface area contributed by atoms with Gasteiger partial charge >= 0.3 is 6.03 Å². The zero-order chi connectivity index (χ0) is 23.6. The number of benzene rings is 1. The van der Waals surface area contributed by atoms with Gasteiger partial charge in [0.15, 0.2) is 21.4 Å². The first kappa shape index (κ1) is 23.2. The van der Waals surface area contributed by atoms with Crippen LogP contribution in [0.3, 0.4) is 0 Å². The summed E-state index contributed by atoms with van der Waals surface area (Å²) in [6, 6.07) is 5.68. The summed E-state index contributed by atoms with van der Waals surface area (Å²) in [5, 5.41) is 2.20. The highest BCUT2D eigenvalue weighted by Gasteiger charge is 2.27. The number of sulfone groups is 1. The molecular formula is C23H26FN3O5S. The largest absolute Gasteiger partial charge is 0.490 e. The molecule has 2 aliphatic rings. The summed E-state index contributed by atoms with van der Waals surface area (Å²) in [4.78, 5) is 28.5. The van der Waals surface area contributed by atoms with E-state index in [1.165, 1.54) is 23.4 Å². The van der Waals surface area contributed by atoms with Gasteiger partial charge in [-0.3, -0.25) is 15.1 Å². The van der Waals surface area contributed by atoms with Gasteiger partial charge in [0.2, 0.25) is 5.91 Å². The van der Waals surface area contributed by atoms with E-state index in [0.29, 0.717) is 29.2 Å². The van der Waals surface area contributed by atoms with E-state index in [9.17, 15) is 22.4 Å². The van der Waals surface area contributed by atoms with Gasteiger partial charge in [0, 0.05) is 18.9 Å². The molecule has 1 aromatic heterocycles. The summed E-state index contributed by atoms with van der Waals surface area (Å²) in [7, 11) is -3.51. The summed E-state index contributed by atoms with van der Waals surface area (Å²) < 4.78 is 45.3. The molecule has 4 rings (SSSR count). The number of imide groups is 1. The topological polar surface area (TPSA) is 106 Å². The number of nitrogens with one attached hydrogen (secondary N) is 1. The zero-order valence-corrected chi connectivity index (χ0v) is 19.1. The van der Waals surface area contributed by atoms with Crippen LogP contribution < -0.4 is 10.1 Å². The number of ether oxygens (including phenoxy) is 1. The molecule has 1 saturated heterocycles. The number of aromatic nitrogens is 1. The van der Waals surface area contributed by atoms with Gasteiger partial charge in [-0.1, -0.05) is 13.0 Å². The fourth-order valence-corrected chi connectivity index (χ4v) is 5.49. The molecule has 0 spiro atoms. The van der Waals surface area contributed by atoms with Crippen molar-refractivity contribution in [3.8, 4) is 5.75 Å². The first-order valence-electron chi connectivity index (χ1n) is 10.8. The van der Waals surface area contributed by atoms with Crippen molar-refractivity contribution in [3.05, 3.63) is 59.2 Å². The number of carbonyl (C=O) groups excluding carboxylic acids is 2. The lowest BCUT2D eigenvalue weighted by atomic mass is 10.0. The molecule has 2 fully saturated rings. The molecule has 1 atom stereocenters. The van der Waals surface area contributed by atoms with E-state index in [1.807, 2.05) is 0 Å². The van der Waals surface area contributed by atoms with Crippen molar-refractivity contribution in [2.75, 3.05) is 18.9 Å². The van der Waals surface area contributed by atoms with Crippen LogP contribution in [-0.4, -0.2) is 49.1 Å². The summed E-state index contributed by atoms with van der Waals surface area (Å²) in [5.74, 6) is -0.869.